The number of hydrogen-bond donors (Lipinski definition) is 2. The summed E-state index contributed by atoms with van der Waals surface area (Å²) >= 11 is 0. The molecule has 0 saturated heterocycles. The molecule has 0 aliphatic rings. The highest BCUT2D eigenvalue weighted by atomic mass is 16.5. The zero-order chi connectivity index (χ0) is 10.4. The number of nitrogen functional groups attached to an aromatic ring is 1. The van der Waals surface area contributed by atoms with Crippen molar-refractivity contribution in [3.63, 3.8) is 0 Å². The first-order valence-electron chi connectivity index (χ1n) is 4.49. The standard InChI is InChI=1S/C11H15NO2/c1-14-10-5-6-11(12)9(8-10)4-2-3-7-13/h2,4-6,8,13H,3,7,12H2,1H3. The fraction of sp³-hybridized carbons (Fsp3) is 0.273. The van der Waals surface area contributed by atoms with E-state index in [1.54, 1.807) is 13.2 Å². The van der Waals surface area contributed by atoms with E-state index in [2.05, 4.69) is 0 Å². The molecule has 3 N–H and O–H groups in total. The zero-order valence-corrected chi connectivity index (χ0v) is 8.23. The summed E-state index contributed by atoms with van der Waals surface area (Å²) in [5.41, 5.74) is 7.38. The fourth-order valence-corrected chi connectivity index (χ4v) is 1.11. The van der Waals surface area contributed by atoms with E-state index in [4.69, 9.17) is 15.6 Å². The summed E-state index contributed by atoms with van der Waals surface area (Å²) in [6, 6.07) is 5.49. The predicted molar refractivity (Wildman–Crippen MR) is 58.1 cm³/mol. The molecule has 0 aliphatic carbocycles. The number of methoxy groups -OCH3 is 1. The van der Waals surface area contributed by atoms with Gasteiger partial charge >= 0.3 is 0 Å². The Kier molecular flexibility index (Phi) is 4.01. The number of nitrogens with two attached hydrogens (primary N) is 1. The lowest BCUT2D eigenvalue weighted by Crippen LogP contribution is -1.91. The van der Waals surface area contributed by atoms with Crippen LogP contribution in [0.25, 0.3) is 6.08 Å². The maximum atomic E-state index is 8.61. The Bertz CT molecular complexity index is 321. The Labute approximate surface area is 83.8 Å². The molecule has 0 fully saturated rings. The maximum Gasteiger partial charge on any atom is 0.119 e. The molecule has 0 amide bonds. The van der Waals surface area contributed by atoms with E-state index in [-0.39, 0.29) is 6.61 Å². The van der Waals surface area contributed by atoms with Crippen LogP contribution in [0.1, 0.15) is 12.0 Å². The first-order chi connectivity index (χ1) is 6.77. The van der Waals surface area contributed by atoms with E-state index >= 15 is 0 Å². The van der Waals surface area contributed by atoms with Crippen molar-refractivity contribution in [3.05, 3.63) is 29.8 Å². The number of hydrogen-bond acceptors (Lipinski definition) is 3. The number of aliphatic hydroxyl groups excluding tert-OH is 1. The second-order valence-electron chi connectivity index (χ2n) is 2.91. The van der Waals surface area contributed by atoms with Gasteiger partial charge in [0.2, 0.25) is 0 Å². The van der Waals surface area contributed by atoms with E-state index in [1.807, 2.05) is 24.3 Å². The van der Waals surface area contributed by atoms with Crippen molar-refractivity contribution >= 4 is 11.8 Å². The maximum absolute atomic E-state index is 8.61. The van der Waals surface area contributed by atoms with Gasteiger partial charge in [-0.25, -0.2) is 0 Å². The molecule has 0 aliphatic heterocycles. The van der Waals surface area contributed by atoms with Crippen molar-refractivity contribution in [3.8, 4) is 5.75 Å². The summed E-state index contributed by atoms with van der Waals surface area (Å²) in [7, 11) is 1.62. The van der Waals surface area contributed by atoms with E-state index in [9.17, 15) is 0 Å². The van der Waals surface area contributed by atoms with Gasteiger partial charge in [0.1, 0.15) is 5.75 Å². The lowest BCUT2D eigenvalue weighted by atomic mass is 10.1. The van der Waals surface area contributed by atoms with E-state index < -0.39 is 0 Å². The van der Waals surface area contributed by atoms with Crippen molar-refractivity contribution in [2.24, 2.45) is 0 Å². The van der Waals surface area contributed by atoms with Gasteiger partial charge in [-0.2, -0.15) is 0 Å². The number of aliphatic hydroxyl groups is 1. The smallest absolute Gasteiger partial charge is 0.119 e. The van der Waals surface area contributed by atoms with E-state index in [0.29, 0.717) is 12.1 Å². The molecular weight excluding hydrogens is 178 g/mol. The molecule has 0 bridgehead atoms. The Morgan fingerprint density at radius 1 is 1.50 bits per heavy atom. The molecule has 76 valence electrons. The zero-order valence-electron chi connectivity index (χ0n) is 8.23. The monoisotopic (exact) mass is 193 g/mol. The minimum absolute atomic E-state index is 0.153. The quantitative estimate of drug-likeness (QED) is 0.715. The first-order valence-corrected chi connectivity index (χ1v) is 4.49. The van der Waals surface area contributed by atoms with Crippen LogP contribution in [-0.2, 0) is 0 Å². The van der Waals surface area contributed by atoms with Gasteiger partial charge in [-0.15, -0.1) is 0 Å². The third kappa shape index (κ3) is 2.78. The van der Waals surface area contributed by atoms with Crippen LogP contribution in [0.3, 0.4) is 0 Å². The average Bonchev–Trinajstić information content (AvgIpc) is 2.21. The van der Waals surface area contributed by atoms with Crippen molar-refractivity contribution in [1.29, 1.82) is 0 Å². The van der Waals surface area contributed by atoms with Gasteiger partial charge in [-0.05, 0) is 24.6 Å². The highest BCUT2D eigenvalue weighted by Gasteiger charge is 1.97. The highest BCUT2D eigenvalue weighted by Crippen LogP contribution is 2.20. The topological polar surface area (TPSA) is 55.5 Å². The molecule has 1 aromatic carbocycles. The van der Waals surface area contributed by atoms with Crippen molar-refractivity contribution in [2.45, 2.75) is 6.42 Å². The molecule has 0 spiro atoms. The number of ether oxygens (including phenoxy) is 1. The third-order valence-electron chi connectivity index (χ3n) is 1.89. The van der Waals surface area contributed by atoms with Gasteiger partial charge in [0.15, 0.2) is 0 Å². The van der Waals surface area contributed by atoms with Crippen LogP contribution in [0.5, 0.6) is 5.75 Å². The van der Waals surface area contributed by atoms with E-state index in [1.165, 1.54) is 0 Å². The van der Waals surface area contributed by atoms with Crippen LogP contribution in [0.2, 0.25) is 0 Å². The van der Waals surface area contributed by atoms with Gasteiger partial charge in [-0.1, -0.05) is 12.2 Å². The van der Waals surface area contributed by atoms with Crippen LogP contribution in [-0.4, -0.2) is 18.8 Å². The van der Waals surface area contributed by atoms with Gasteiger partial charge in [0, 0.05) is 17.9 Å². The molecule has 0 saturated carbocycles. The van der Waals surface area contributed by atoms with Gasteiger partial charge < -0.3 is 15.6 Å². The average molecular weight is 193 g/mol. The summed E-state index contributed by atoms with van der Waals surface area (Å²) in [5.74, 6) is 0.780. The van der Waals surface area contributed by atoms with Crippen LogP contribution in [0.15, 0.2) is 24.3 Å². The van der Waals surface area contributed by atoms with Crippen LogP contribution >= 0.6 is 0 Å². The van der Waals surface area contributed by atoms with Crippen LogP contribution in [0.4, 0.5) is 5.69 Å². The second kappa shape index (κ2) is 5.29. The van der Waals surface area contributed by atoms with Gasteiger partial charge in [0.25, 0.3) is 0 Å². The Morgan fingerprint density at radius 3 is 2.93 bits per heavy atom. The molecule has 3 nitrogen and oxygen atoms in total. The van der Waals surface area contributed by atoms with Crippen molar-refractivity contribution in [2.75, 3.05) is 19.5 Å². The Balaban J connectivity index is 2.83. The Morgan fingerprint density at radius 2 is 2.29 bits per heavy atom. The number of rotatable bonds is 4. The second-order valence-corrected chi connectivity index (χ2v) is 2.91. The normalized spacial score (nSPS) is 10.7. The van der Waals surface area contributed by atoms with Crippen molar-refractivity contribution < 1.29 is 9.84 Å². The number of benzene rings is 1. The molecule has 0 aromatic heterocycles. The molecule has 0 radical (unpaired) electrons. The molecular formula is C11H15NO2. The third-order valence-corrected chi connectivity index (χ3v) is 1.89. The molecule has 0 heterocycles. The summed E-state index contributed by atoms with van der Waals surface area (Å²) < 4.78 is 5.08. The molecule has 1 rings (SSSR count). The SMILES string of the molecule is COc1ccc(N)c(C=CCCO)c1. The van der Waals surface area contributed by atoms with Gasteiger partial charge in [-0.3, -0.25) is 0 Å². The predicted octanol–water partition coefficient (Wildman–Crippen LogP) is 1.67. The summed E-state index contributed by atoms with van der Waals surface area (Å²) in [4.78, 5) is 0. The number of anilines is 1. The molecule has 3 heteroatoms. The minimum Gasteiger partial charge on any atom is -0.497 e. The Hall–Kier alpha value is -1.48. The fourth-order valence-electron chi connectivity index (χ4n) is 1.11. The summed E-state index contributed by atoms with van der Waals surface area (Å²) in [6.07, 6.45) is 4.40. The molecule has 0 unspecified atom stereocenters. The largest absolute Gasteiger partial charge is 0.497 e. The lowest BCUT2D eigenvalue weighted by molar-refractivity contribution is 0.303. The van der Waals surface area contributed by atoms with E-state index in [0.717, 1.165) is 11.3 Å². The minimum atomic E-state index is 0.153. The molecule has 14 heavy (non-hydrogen) atoms. The van der Waals surface area contributed by atoms with Gasteiger partial charge in [0.05, 0.1) is 7.11 Å². The summed E-state index contributed by atoms with van der Waals surface area (Å²) in [6.45, 7) is 0.153. The summed E-state index contributed by atoms with van der Waals surface area (Å²) in [5, 5.41) is 8.61. The van der Waals surface area contributed by atoms with Crippen molar-refractivity contribution in [1.82, 2.24) is 0 Å². The molecule has 1 aromatic rings. The highest BCUT2D eigenvalue weighted by molar-refractivity contribution is 5.66. The van der Waals surface area contributed by atoms with Crippen LogP contribution in [0, 0.1) is 0 Å². The lowest BCUT2D eigenvalue weighted by Gasteiger charge is -2.03. The van der Waals surface area contributed by atoms with Crippen LogP contribution < -0.4 is 10.5 Å². The molecule has 0 atom stereocenters. The first kappa shape index (κ1) is 10.6.